The Morgan fingerprint density at radius 3 is 2.77 bits per heavy atom. The molecule has 0 aliphatic rings. The average Bonchev–Trinajstić information content (AvgIpc) is 2.48. The van der Waals surface area contributed by atoms with E-state index in [1.807, 2.05) is 6.07 Å². The van der Waals surface area contributed by atoms with E-state index in [9.17, 15) is 8.42 Å². The van der Waals surface area contributed by atoms with E-state index in [1.165, 1.54) is 11.3 Å². The summed E-state index contributed by atoms with van der Waals surface area (Å²) < 4.78 is 23.5. The van der Waals surface area contributed by atoms with Gasteiger partial charge in [-0.05, 0) is 23.9 Å². The normalized spacial score (nSPS) is 11.1. The summed E-state index contributed by atoms with van der Waals surface area (Å²) in [5.74, 6) is -0.0785. The molecule has 1 rings (SSSR count). The molecule has 3 nitrogen and oxygen atoms in total. The van der Waals surface area contributed by atoms with Crippen molar-refractivity contribution < 1.29 is 8.42 Å². The molecule has 1 heterocycles. The van der Waals surface area contributed by atoms with Crippen LogP contribution in [-0.4, -0.2) is 14.2 Å². The Balaban J connectivity index is 2.96. The Labute approximate surface area is 81.5 Å². The summed E-state index contributed by atoms with van der Waals surface area (Å²) in [4.78, 5) is 0. The molecule has 0 radical (unpaired) electrons. The molecular formula is C8H9NO2S2. The molecule has 5 heteroatoms. The number of nitrogens with zero attached hydrogens (tertiary/aromatic N) is 1. The third-order valence-electron chi connectivity index (χ3n) is 1.58. The summed E-state index contributed by atoms with van der Waals surface area (Å²) in [5.41, 5.74) is 0.767. The maximum absolute atomic E-state index is 11.5. The van der Waals surface area contributed by atoms with Crippen LogP contribution in [0.25, 0.3) is 0 Å². The summed E-state index contributed by atoms with van der Waals surface area (Å²) in [7, 11) is -3.21. The van der Waals surface area contributed by atoms with Crippen molar-refractivity contribution in [2.45, 2.75) is 17.6 Å². The van der Waals surface area contributed by atoms with Gasteiger partial charge in [-0.1, -0.05) is 0 Å². The van der Waals surface area contributed by atoms with Crippen LogP contribution in [0.3, 0.4) is 0 Å². The number of hydrogen-bond acceptors (Lipinski definition) is 4. The molecular weight excluding hydrogens is 206 g/mol. The fourth-order valence-corrected chi connectivity index (χ4v) is 3.71. The molecule has 1 aromatic heterocycles. The molecule has 0 N–H and O–H groups in total. The summed E-state index contributed by atoms with van der Waals surface area (Å²) in [5, 5.41) is 10.0. The van der Waals surface area contributed by atoms with Crippen molar-refractivity contribution in [3.05, 3.63) is 17.0 Å². The predicted octanol–water partition coefficient (Wildman–Crippen LogP) is 1.74. The minimum absolute atomic E-state index is 0.0552. The van der Waals surface area contributed by atoms with Crippen molar-refractivity contribution in [2.75, 3.05) is 5.75 Å². The van der Waals surface area contributed by atoms with Crippen LogP contribution in [0, 0.1) is 18.3 Å². The quantitative estimate of drug-likeness (QED) is 0.771. The fraction of sp³-hybridized carbons (Fsp3) is 0.375. The van der Waals surface area contributed by atoms with Crippen LogP contribution in [0.2, 0.25) is 0 Å². The zero-order valence-electron chi connectivity index (χ0n) is 7.15. The van der Waals surface area contributed by atoms with Crippen LogP contribution in [0.1, 0.15) is 12.0 Å². The second-order valence-corrected chi connectivity index (χ2v) is 5.84. The van der Waals surface area contributed by atoms with Gasteiger partial charge in [-0.25, -0.2) is 8.42 Å². The monoisotopic (exact) mass is 215 g/mol. The number of hydrogen-bond donors (Lipinski definition) is 0. The van der Waals surface area contributed by atoms with Gasteiger partial charge in [0.2, 0.25) is 0 Å². The van der Waals surface area contributed by atoms with E-state index in [2.05, 4.69) is 0 Å². The van der Waals surface area contributed by atoms with E-state index in [0.29, 0.717) is 4.21 Å². The zero-order valence-corrected chi connectivity index (χ0v) is 8.78. The first-order valence-electron chi connectivity index (χ1n) is 3.72. The largest absolute Gasteiger partial charge is 0.223 e. The summed E-state index contributed by atoms with van der Waals surface area (Å²) in [6.45, 7) is 1.76. The second-order valence-electron chi connectivity index (χ2n) is 2.62. The van der Waals surface area contributed by atoms with E-state index >= 15 is 0 Å². The number of thiophene rings is 1. The highest BCUT2D eigenvalue weighted by atomic mass is 32.2. The van der Waals surface area contributed by atoms with E-state index in [4.69, 9.17) is 5.26 Å². The van der Waals surface area contributed by atoms with Gasteiger partial charge in [0.1, 0.15) is 4.21 Å². The number of aryl methyl sites for hydroxylation is 1. The highest BCUT2D eigenvalue weighted by Gasteiger charge is 2.17. The van der Waals surface area contributed by atoms with Crippen LogP contribution in [0.5, 0.6) is 0 Å². The molecule has 1 aromatic rings. The van der Waals surface area contributed by atoms with E-state index in [1.54, 1.807) is 18.4 Å². The fourth-order valence-electron chi connectivity index (χ4n) is 0.950. The molecule has 0 saturated carbocycles. The van der Waals surface area contributed by atoms with Gasteiger partial charge in [-0.3, -0.25) is 0 Å². The Bertz CT molecular complexity index is 425. The van der Waals surface area contributed by atoms with Gasteiger partial charge in [0.25, 0.3) is 0 Å². The number of nitriles is 1. The highest BCUT2D eigenvalue weighted by molar-refractivity contribution is 7.93. The highest BCUT2D eigenvalue weighted by Crippen LogP contribution is 2.23. The van der Waals surface area contributed by atoms with Crippen molar-refractivity contribution in [3.8, 4) is 6.07 Å². The molecule has 0 spiro atoms. The van der Waals surface area contributed by atoms with Crippen molar-refractivity contribution in [3.63, 3.8) is 0 Å². The molecule has 0 amide bonds. The van der Waals surface area contributed by atoms with Crippen molar-refractivity contribution in [1.29, 1.82) is 5.26 Å². The van der Waals surface area contributed by atoms with Crippen LogP contribution in [-0.2, 0) is 9.84 Å². The first-order chi connectivity index (χ1) is 6.08. The third kappa shape index (κ3) is 2.29. The first-order valence-corrected chi connectivity index (χ1v) is 6.25. The van der Waals surface area contributed by atoms with Crippen molar-refractivity contribution in [1.82, 2.24) is 0 Å². The molecule has 0 fully saturated rings. The van der Waals surface area contributed by atoms with Gasteiger partial charge < -0.3 is 0 Å². The van der Waals surface area contributed by atoms with Crippen molar-refractivity contribution in [2.24, 2.45) is 0 Å². The Morgan fingerprint density at radius 1 is 1.62 bits per heavy atom. The molecule has 0 unspecified atom stereocenters. The third-order valence-corrected chi connectivity index (χ3v) is 5.07. The second kappa shape index (κ2) is 3.90. The molecule has 0 aliphatic heterocycles. The van der Waals surface area contributed by atoms with Gasteiger partial charge in [0.15, 0.2) is 9.84 Å². The lowest BCUT2D eigenvalue weighted by Gasteiger charge is -1.98. The lowest BCUT2D eigenvalue weighted by atomic mass is 10.4. The minimum Gasteiger partial charge on any atom is -0.223 e. The molecule has 0 atom stereocenters. The van der Waals surface area contributed by atoms with Gasteiger partial charge >= 0.3 is 0 Å². The lowest BCUT2D eigenvalue weighted by molar-refractivity contribution is 0.597. The van der Waals surface area contributed by atoms with Gasteiger partial charge in [0, 0.05) is 6.42 Å². The maximum atomic E-state index is 11.5. The Morgan fingerprint density at radius 2 is 2.31 bits per heavy atom. The maximum Gasteiger partial charge on any atom is 0.189 e. The van der Waals surface area contributed by atoms with Crippen molar-refractivity contribution >= 4 is 21.2 Å². The summed E-state index contributed by atoms with van der Waals surface area (Å²) in [6, 6.07) is 3.60. The molecule has 0 aromatic carbocycles. The number of sulfone groups is 1. The molecule has 0 aliphatic carbocycles. The van der Waals surface area contributed by atoms with Gasteiger partial charge in [-0.15, -0.1) is 11.3 Å². The van der Waals surface area contributed by atoms with Crippen LogP contribution < -0.4 is 0 Å². The zero-order chi connectivity index (χ0) is 9.90. The van der Waals surface area contributed by atoms with Crippen LogP contribution >= 0.6 is 11.3 Å². The van der Waals surface area contributed by atoms with E-state index in [0.717, 1.165) is 5.56 Å². The Hall–Kier alpha value is -0.860. The van der Waals surface area contributed by atoms with E-state index < -0.39 is 9.84 Å². The van der Waals surface area contributed by atoms with E-state index in [-0.39, 0.29) is 12.2 Å². The average molecular weight is 215 g/mol. The molecule has 0 saturated heterocycles. The number of rotatable bonds is 3. The minimum atomic E-state index is -3.21. The standard InChI is InChI=1S/C8H9NO2S2/c1-7-3-5-12-8(7)13(10,11)6-2-4-9/h3,5H,2,6H2,1H3. The molecule has 70 valence electrons. The summed E-state index contributed by atoms with van der Waals surface area (Å²) >= 11 is 1.21. The SMILES string of the molecule is Cc1ccsc1S(=O)(=O)CCC#N. The molecule has 0 bridgehead atoms. The van der Waals surface area contributed by atoms with Gasteiger partial charge in [0.05, 0.1) is 11.8 Å². The summed E-state index contributed by atoms with van der Waals surface area (Å²) in [6.07, 6.45) is 0.0552. The first kappa shape index (κ1) is 10.2. The Kier molecular flexibility index (Phi) is 3.07. The lowest BCUT2D eigenvalue weighted by Crippen LogP contribution is -2.05. The van der Waals surface area contributed by atoms with Gasteiger partial charge in [-0.2, -0.15) is 5.26 Å². The van der Waals surface area contributed by atoms with Crippen LogP contribution in [0.4, 0.5) is 0 Å². The topological polar surface area (TPSA) is 57.9 Å². The van der Waals surface area contributed by atoms with Crippen LogP contribution in [0.15, 0.2) is 15.7 Å². The smallest absolute Gasteiger partial charge is 0.189 e. The molecule has 13 heavy (non-hydrogen) atoms. The predicted molar refractivity (Wildman–Crippen MR) is 51.3 cm³/mol.